The zero-order valence-corrected chi connectivity index (χ0v) is 12.9. The molecule has 6 heteroatoms. The largest absolute Gasteiger partial charge is 0.486 e. The van der Waals surface area contributed by atoms with Crippen LogP contribution in [0.5, 0.6) is 11.5 Å². The molecule has 1 N–H and O–H groups in total. The van der Waals surface area contributed by atoms with Crippen molar-refractivity contribution >= 4 is 9.84 Å². The van der Waals surface area contributed by atoms with Crippen LogP contribution in [0.2, 0.25) is 0 Å². The van der Waals surface area contributed by atoms with E-state index in [-0.39, 0.29) is 11.0 Å². The van der Waals surface area contributed by atoms with Gasteiger partial charge in [-0.1, -0.05) is 13.8 Å². The molecule has 0 saturated heterocycles. The summed E-state index contributed by atoms with van der Waals surface area (Å²) in [5.41, 5.74) is 0. The molecule has 112 valence electrons. The van der Waals surface area contributed by atoms with E-state index in [2.05, 4.69) is 19.2 Å². The second-order valence-electron chi connectivity index (χ2n) is 5.48. The first kappa shape index (κ1) is 15.1. The standard InChI is InChI=1S/C14H21NO4S/c1-10(2)7-15-8-11-9-18-13-5-4-12(20(3,16)17)6-14(13)19-11/h4-6,10-11,15H,7-9H2,1-3H3. The Morgan fingerprint density at radius 1 is 1.35 bits per heavy atom. The molecule has 1 unspecified atom stereocenters. The SMILES string of the molecule is CC(C)CNCC1COc2ccc(S(C)(=O)=O)cc2O1. The quantitative estimate of drug-likeness (QED) is 0.892. The molecular weight excluding hydrogens is 278 g/mol. The fourth-order valence-corrected chi connectivity index (χ4v) is 2.60. The fraction of sp³-hybridized carbons (Fsp3) is 0.571. The number of hydrogen-bond donors (Lipinski definition) is 1. The molecule has 5 nitrogen and oxygen atoms in total. The van der Waals surface area contributed by atoms with Crippen molar-refractivity contribution in [1.82, 2.24) is 5.32 Å². The summed E-state index contributed by atoms with van der Waals surface area (Å²) < 4.78 is 34.5. The molecule has 1 aliphatic rings. The van der Waals surface area contributed by atoms with Crippen molar-refractivity contribution in [3.63, 3.8) is 0 Å². The van der Waals surface area contributed by atoms with E-state index >= 15 is 0 Å². The maximum Gasteiger partial charge on any atom is 0.175 e. The zero-order valence-electron chi connectivity index (χ0n) is 12.0. The lowest BCUT2D eigenvalue weighted by Gasteiger charge is -2.27. The summed E-state index contributed by atoms with van der Waals surface area (Å²) in [7, 11) is -3.23. The average Bonchev–Trinajstić information content (AvgIpc) is 2.36. The molecule has 0 fully saturated rings. The van der Waals surface area contributed by atoms with Crippen molar-refractivity contribution in [3.8, 4) is 11.5 Å². The van der Waals surface area contributed by atoms with Gasteiger partial charge in [0.05, 0.1) is 4.90 Å². The van der Waals surface area contributed by atoms with E-state index < -0.39 is 9.84 Å². The Labute approximate surface area is 120 Å². The van der Waals surface area contributed by atoms with E-state index in [9.17, 15) is 8.42 Å². The van der Waals surface area contributed by atoms with Gasteiger partial charge in [0.1, 0.15) is 12.7 Å². The summed E-state index contributed by atoms with van der Waals surface area (Å²) in [5.74, 6) is 1.66. The smallest absolute Gasteiger partial charge is 0.175 e. The number of benzene rings is 1. The molecule has 1 heterocycles. The highest BCUT2D eigenvalue weighted by atomic mass is 32.2. The lowest BCUT2D eigenvalue weighted by Crippen LogP contribution is -2.39. The van der Waals surface area contributed by atoms with E-state index in [1.54, 1.807) is 6.07 Å². The Hall–Kier alpha value is -1.27. The van der Waals surface area contributed by atoms with Crippen LogP contribution < -0.4 is 14.8 Å². The van der Waals surface area contributed by atoms with Gasteiger partial charge >= 0.3 is 0 Å². The monoisotopic (exact) mass is 299 g/mol. The van der Waals surface area contributed by atoms with Crippen LogP contribution in [0.25, 0.3) is 0 Å². The topological polar surface area (TPSA) is 64.6 Å². The van der Waals surface area contributed by atoms with Crippen LogP contribution in [-0.4, -0.2) is 40.5 Å². The van der Waals surface area contributed by atoms with Crippen LogP contribution in [0.15, 0.2) is 23.1 Å². The Bertz CT molecular complexity index is 569. The van der Waals surface area contributed by atoms with Crippen molar-refractivity contribution in [2.45, 2.75) is 24.8 Å². The molecule has 20 heavy (non-hydrogen) atoms. The third-order valence-corrected chi connectivity index (χ3v) is 4.10. The number of ether oxygens (including phenoxy) is 2. The molecule has 0 spiro atoms. The molecule has 0 saturated carbocycles. The number of sulfone groups is 1. The van der Waals surface area contributed by atoms with Crippen molar-refractivity contribution in [2.24, 2.45) is 5.92 Å². The molecule has 0 aliphatic carbocycles. The number of rotatable bonds is 5. The Morgan fingerprint density at radius 3 is 2.75 bits per heavy atom. The minimum Gasteiger partial charge on any atom is -0.486 e. The molecule has 1 aliphatic heterocycles. The third-order valence-electron chi connectivity index (χ3n) is 2.99. The van der Waals surface area contributed by atoms with E-state index in [1.165, 1.54) is 18.4 Å². The van der Waals surface area contributed by atoms with Crippen LogP contribution in [0, 0.1) is 5.92 Å². The second kappa shape index (κ2) is 6.01. The predicted octanol–water partition coefficient (Wildman–Crippen LogP) is 1.48. The predicted molar refractivity (Wildman–Crippen MR) is 77.2 cm³/mol. The highest BCUT2D eigenvalue weighted by molar-refractivity contribution is 7.90. The number of nitrogens with one attached hydrogen (secondary N) is 1. The number of fused-ring (bicyclic) bond motifs is 1. The summed E-state index contributed by atoms with van der Waals surface area (Å²) in [6, 6.07) is 4.71. The molecule has 0 bridgehead atoms. The van der Waals surface area contributed by atoms with Crippen molar-refractivity contribution in [3.05, 3.63) is 18.2 Å². The first-order valence-electron chi connectivity index (χ1n) is 6.70. The zero-order chi connectivity index (χ0) is 14.8. The summed E-state index contributed by atoms with van der Waals surface area (Å²) >= 11 is 0. The molecule has 1 aromatic rings. The summed E-state index contributed by atoms with van der Waals surface area (Å²) in [6.07, 6.45) is 1.08. The van der Waals surface area contributed by atoms with Gasteiger partial charge in [-0.15, -0.1) is 0 Å². The summed E-state index contributed by atoms with van der Waals surface area (Å²) in [6.45, 7) is 6.34. The van der Waals surface area contributed by atoms with Gasteiger partial charge in [0.15, 0.2) is 21.3 Å². The maximum atomic E-state index is 11.5. The molecule has 0 radical (unpaired) electrons. The molecule has 0 aromatic heterocycles. The van der Waals surface area contributed by atoms with Crippen LogP contribution in [0.3, 0.4) is 0 Å². The highest BCUT2D eigenvalue weighted by Gasteiger charge is 2.22. The Kier molecular flexibility index (Phi) is 4.55. The van der Waals surface area contributed by atoms with Crippen LogP contribution in [-0.2, 0) is 9.84 Å². The maximum absolute atomic E-state index is 11.5. The molecule has 0 amide bonds. The average molecular weight is 299 g/mol. The van der Waals surface area contributed by atoms with Gasteiger partial charge in [0.2, 0.25) is 0 Å². The van der Waals surface area contributed by atoms with Gasteiger partial charge in [-0.25, -0.2) is 8.42 Å². The van der Waals surface area contributed by atoms with Crippen LogP contribution in [0.4, 0.5) is 0 Å². The summed E-state index contributed by atoms with van der Waals surface area (Å²) in [4.78, 5) is 0.246. The normalized spacial score (nSPS) is 18.3. The fourth-order valence-electron chi connectivity index (χ4n) is 1.96. The Balaban J connectivity index is 2.04. The third kappa shape index (κ3) is 3.86. The van der Waals surface area contributed by atoms with E-state index in [4.69, 9.17) is 9.47 Å². The van der Waals surface area contributed by atoms with Crippen LogP contribution in [0.1, 0.15) is 13.8 Å². The van der Waals surface area contributed by atoms with Gasteiger partial charge < -0.3 is 14.8 Å². The second-order valence-corrected chi connectivity index (χ2v) is 7.50. The van der Waals surface area contributed by atoms with Gasteiger partial charge in [0.25, 0.3) is 0 Å². The van der Waals surface area contributed by atoms with Gasteiger partial charge in [-0.05, 0) is 24.6 Å². The first-order valence-corrected chi connectivity index (χ1v) is 8.59. The molecule has 1 aromatic carbocycles. The first-order chi connectivity index (χ1) is 9.36. The summed E-state index contributed by atoms with van der Waals surface area (Å²) in [5, 5.41) is 3.31. The van der Waals surface area contributed by atoms with Crippen molar-refractivity contribution in [1.29, 1.82) is 0 Å². The van der Waals surface area contributed by atoms with Crippen LogP contribution >= 0.6 is 0 Å². The molecule has 2 rings (SSSR count). The number of hydrogen-bond acceptors (Lipinski definition) is 5. The van der Waals surface area contributed by atoms with E-state index in [1.807, 2.05) is 0 Å². The lowest BCUT2D eigenvalue weighted by atomic mass is 10.2. The van der Waals surface area contributed by atoms with Gasteiger partial charge in [-0.3, -0.25) is 0 Å². The minimum absolute atomic E-state index is 0.101. The van der Waals surface area contributed by atoms with E-state index in [0.717, 1.165) is 6.54 Å². The van der Waals surface area contributed by atoms with E-state index in [0.29, 0.717) is 30.6 Å². The van der Waals surface area contributed by atoms with Crippen molar-refractivity contribution < 1.29 is 17.9 Å². The van der Waals surface area contributed by atoms with Gasteiger partial charge in [-0.2, -0.15) is 0 Å². The highest BCUT2D eigenvalue weighted by Crippen LogP contribution is 2.33. The lowest BCUT2D eigenvalue weighted by molar-refractivity contribution is 0.0896. The van der Waals surface area contributed by atoms with Gasteiger partial charge in [0, 0.05) is 18.9 Å². The minimum atomic E-state index is -3.23. The van der Waals surface area contributed by atoms with Crippen molar-refractivity contribution in [2.75, 3.05) is 26.0 Å². The Morgan fingerprint density at radius 2 is 2.10 bits per heavy atom. The molecule has 1 atom stereocenters. The molecular formula is C14H21NO4S.